The Bertz CT molecular complexity index is 743. The average molecular weight is 328 g/mol. The van der Waals surface area contributed by atoms with E-state index < -0.39 is 37.5 Å². The van der Waals surface area contributed by atoms with Crippen molar-refractivity contribution in [3.8, 4) is 0 Å². The molecular weight excluding hydrogens is 312 g/mol. The number of carboxylic acid groups (broad SMARTS) is 1. The Hall–Kier alpha value is -2.00. The molecule has 120 valence electrons. The van der Waals surface area contributed by atoms with E-state index in [-0.39, 0.29) is 18.5 Å². The average Bonchev–Trinajstić information content (AvgIpc) is 2.91. The van der Waals surface area contributed by atoms with Gasteiger partial charge in [-0.25, -0.2) is 8.42 Å². The van der Waals surface area contributed by atoms with Crippen LogP contribution in [0.4, 0.5) is 5.69 Å². The first-order valence-electron chi connectivity index (χ1n) is 6.67. The fourth-order valence-electron chi connectivity index (χ4n) is 2.64. The third-order valence-corrected chi connectivity index (χ3v) is 5.99. The minimum Gasteiger partial charge on any atom is -0.480 e. The van der Waals surface area contributed by atoms with Gasteiger partial charge in [0.2, 0.25) is 0 Å². The molecule has 0 radical (unpaired) electrons. The van der Waals surface area contributed by atoms with Crippen LogP contribution in [-0.2, 0) is 14.8 Å². The molecule has 1 N–H and O–H groups in total. The maximum atomic E-state index is 12.8. The van der Waals surface area contributed by atoms with Crippen LogP contribution in [0.25, 0.3) is 0 Å². The van der Waals surface area contributed by atoms with Gasteiger partial charge in [-0.1, -0.05) is 6.07 Å². The Morgan fingerprint density at radius 1 is 1.41 bits per heavy atom. The number of carbonyl (C=O) groups is 1. The van der Waals surface area contributed by atoms with E-state index in [0.717, 1.165) is 10.4 Å². The Morgan fingerprint density at radius 3 is 2.59 bits per heavy atom. The minimum absolute atomic E-state index is 0.0455. The number of hydrogen-bond acceptors (Lipinski definition) is 5. The number of rotatable bonds is 4. The molecule has 1 heterocycles. The fraction of sp³-hybridized carbons (Fsp3) is 0.462. The summed E-state index contributed by atoms with van der Waals surface area (Å²) < 4.78 is 26.5. The second kappa shape index (κ2) is 5.65. The maximum absolute atomic E-state index is 12.8. The summed E-state index contributed by atoms with van der Waals surface area (Å²) in [4.78, 5) is 21.2. The summed E-state index contributed by atoms with van der Waals surface area (Å²) in [5.41, 5.74) is 0.333. The molecule has 0 saturated carbocycles. The number of aryl methyl sites for hydroxylation is 1. The van der Waals surface area contributed by atoms with Crippen molar-refractivity contribution in [3.05, 3.63) is 33.4 Å². The molecule has 9 heteroatoms. The van der Waals surface area contributed by atoms with Crippen molar-refractivity contribution in [2.24, 2.45) is 0 Å². The number of aliphatic carboxylic acids is 1. The zero-order valence-electron chi connectivity index (χ0n) is 12.1. The molecule has 1 aromatic carbocycles. The SMILES string of the molecule is Cc1ccc([N+](=O)[O-])c(S(=O)(=O)N2CCCC2C(=O)O)c1C. The van der Waals surface area contributed by atoms with E-state index in [1.54, 1.807) is 6.92 Å². The third-order valence-electron chi connectivity index (χ3n) is 3.91. The predicted molar refractivity (Wildman–Crippen MR) is 77.1 cm³/mol. The molecular formula is C13H16N2O6S. The van der Waals surface area contributed by atoms with E-state index in [9.17, 15) is 23.3 Å². The Morgan fingerprint density at radius 2 is 2.05 bits per heavy atom. The van der Waals surface area contributed by atoms with Crippen molar-refractivity contribution in [2.75, 3.05) is 6.54 Å². The van der Waals surface area contributed by atoms with Gasteiger partial charge in [-0.05, 0) is 37.8 Å². The van der Waals surface area contributed by atoms with Crippen LogP contribution >= 0.6 is 0 Å². The Kier molecular flexibility index (Phi) is 4.21. The molecule has 0 aromatic heterocycles. The summed E-state index contributed by atoms with van der Waals surface area (Å²) in [7, 11) is -4.25. The summed E-state index contributed by atoms with van der Waals surface area (Å²) >= 11 is 0. The largest absolute Gasteiger partial charge is 0.480 e. The molecule has 1 atom stereocenters. The number of benzene rings is 1. The molecule has 1 saturated heterocycles. The van der Waals surface area contributed by atoms with Gasteiger partial charge in [-0.3, -0.25) is 14.9 Å². The lowest BCUT2D eigenvalue weighted by Crippen LogP contribution is -2.40. The van der Waals surface area contributed by atoms with Crippen LogP contribution in [0.1, 0.15) is 24.0 Å². The Labute approximate surface area is 127 Å². The van der Waals surface area contributed by atoms with Crippen LogP contribution in [-0.4, -0.2) is 41.3 Å². The summed E-state index contributed by atoms with van der Waals surface area (Å²) in [6, 6.07) is 1.44. The monoisotopic (exact) mass is 328 g/mol. The van der Waals surface area contributed by atoms with Gasteiger partial charge >= 0.3 is 5.97 Å². The van der Waals surface area contributed by atoms with Crippen molar-refractivity contribution in [2.45, 2.75) is 37.6 Å². The van der Waals surface area contributed by atoms with Gasteiger partial charge in [0.1, 0.15) is 6.04 Å². The van der Waals surface area contributed by atoms with Gasteiger partial charge in [-0.15, -0.1) is 0 Å². The van der Waals surface area contributed by atoms with Gasteiger partial charge < -0.3 is 5.11 Å². The second-order valence-corrected chi connectivity index (χ2v) is 7.05. The van der Waals surface area contributed by atoms with E-state index in [1.807, 2.05) is 0 Å². The van der Waals surface area contributed by atoms with Gasteiger partial charge in [0.05, 0.1) is 4.92 Å². The maximum Gasteiger partial charge on any atom is 0.322 e. The lowest BCUT2D eigenvalue weighted by molar-refractivity contribution is -0.388. The van der Waals surface area contributed by atoms with Crippen LogP contribution in [0, 0.1) is 24.0 Å². The van der Waals surface area contributed by atoms with E-state index >= 15 is 0 Å². The molecule has 0 amide bonds. The molecule has 1 unspecified atom stereocenters. The van der Waals surface area contributed by atoms with Crippen molar-refractivity contribution >= 4 is 21.7 Å². The molecule has 0 aliphatic carbocycles. The molecule has 0 bridgehead atoms. The number of nitro benzene ring substituents is 1. The summed E-state index contributed by atoms with van der Waals surface area (Å²) in [5, 5.41) is 20.3. The first-order chi connectivity index (χ1) is 10.2. The van der Waals surface area contributed by atoms with E-state index in [2.05, 4.69) is 0 Å². The highest BCUT2D eigenvalue weighted by Gasteiger charge is 2.43. The van der Waals surface area contributed by atoms with Gasteiger partial charge in [0.15, 0.2) is 4.90 Å². The van der Waals surface area contributed by atoms with Crippen LogP contribution in [0.15, 0.2) is 17.0 Å². The smallest absolute Gasteiger partial charge is 0.322 e. The number of carboxylic acids is 1. The molecule has 8 nitrogen and oxygen atoms in total. The fourth-order valence-corrected chi connectivity index (χ4v) is 4.73. The van der Waals surface area contributed by atoms with Crippen molar-refractivity contribution in [1.29, 1.82) is 0 Å². The number of sulfonamides is 1. The molecule has 2 rings (SSSR count). The predicted octanol–water partition coefficient (Wildman–Crippen LogP) is 1.45. The topological polar surface area (TPSA) is 118 Å². The first-order valence-corrected chi connectivity index (χ1v) is 8.11. The van der Waals surface area contributed by atoms with Crippen LogP contribution in [0.5, 0.6) is 0 Å². The highest BCUT2D eigenvalue weighted by Crippen LogP contribution is 2.34. The zero-order chi connectivity index (χ0) is 16.7. The molecule has 1 aliphatic heterocycles. The van der Waals surface area contributed by atoms with E-state index in [1.165, 1.54) is 13.0 Å². The van der Waals surface area contributed by atoms with Crippen LogP contribution < -0.4 is 0 Å². The standard InChI is InChI=1S/C13H16N2O6S/c1-8-5-6-10(15(18)19)12(9(8)2)22(20,21)14-7-3-4-11(14)13(16)17/h5-6,11H,3-4,7H2,1-2H3,(H,16,17). The van der Waals surface area contributed by atoms with Gasteiger partial charge in [-0.2, -0.15) is 4.31 Å². The van der Waals surface area contributed by atoms with Crippen molar-refractivity contribution < 1.29 is 23.2 Å². The molecule has 22 heavy (non-hydrogen) atoms. The minimum atomic E-state index is -4.25. The summed E-state index contributed by atoms with van der Waals surface area (Å²) in [6.07, 6.45) is 0.613. The number of nitro groups is 1. The molecule has 0 spiro atoms. The number of nitrogens with zero attached hydrogens (tertiary/aromatic N) is 2. The van der Waals surface area contributed by atoms with Crippen LogP contribution in [0.2, 0.25) is 0 Å². The molecule has 1 aromatic rings. The lowest BCUT2D eigenvalue weighted by Gasteiger charge is -2.22. The third kappa shape index (κ3) is 2.57. The highest BCUT2D eigenvalue weighted by atomic mass is 32.2. The van der Waals surface area contributed by atoms with Crippen LogP contribution in [0.3, 0.4) is 0 Å². The van der Waals surface area contributed by atoms with E-state index in [4.69, 9.17) is 5.11 Å². The normalized spacial score (nSPS) is 19.3. The first kappa shape index (κ1) is 16.4. The van der Waals surface area contributed by atoms with Crippen molar-refractivity contribution in [3.63, 3.8) is 0 Å². The lowest BCUT2D eigenvalue weighted by atomic mass is 10.1. The zero-order valence-corrected chi connectivity index (χ0v) is 13.0. The van der Waals surface area contributed by atoms with Crippen molar-refractivity contribution in [1.82, 2.24) is 4.31 Å². The number of hydrogen-bond donors (Lipinski definition) is 1. The molecule has 1 aliphatic rings. The summed E-state index contributed by atoms with van der Waals surface area (Å²) in [5.74, 6) is -1.24. The molecule has 1 fully saturated rings. The Balaban J connectivity index is 2.66. The van der Waals surface area contributed by atoms with E-state index in [0.29, 0.717) is 12.0 Å². The quantitative estimate of drug-likeness (QED) is 0.660. The second-order valence-electron chi connectivity index (χ2n) is 5.22. The van der Waals surface area contributed by atoms with Gasteiger partial charge in [0, 0.05) is 12.6 Å². The highest BCUT2D eigenvalue weighted by molar-refractivity contribution is 7.89. The van der Waals surface area contributed by atoms with Gasteiger partial charge in [0.25, 0.3) is 15.7 Å². The summed E-state index contributed by atoms with van der Waals surface area (Å²) in [6.45, 7) is 3.18.